The minimum absolute atomic E-state index is 0.236. The fourth-order valence-corrected chi connectivity index (χ4v) is 10.6. The molecule has 0 radical (unpaired) electrons. The van der Waals surface area contributed by atoms with E-state index in [1.807, 2.05) is 0 Å². The average molecular weight is 842 g/mol. The summed E-state index contributed by atoms with van der Waals surface area (Å²) in [6.07, 6.45) is 0. The van der Waals surface area contributed by atoms with Gasteiger partial charge in [0.25, 0.3) is 0 Å². The van der Waals surface area contributed by atoms with Crippen molar-refractivity contribution >= 4 is 38.6 Å². The summed E-state index contributed by atoms with van der Waals surface area (Å²) in [7, 11) is 0. The van der Waals surface area contributed by atoms with Crippen LogP contribution < -0.4 is 4.90 Å². The van der Waals surface area contributed by atoms with Crippen LogP contribution in [0.1, 0.15) is 25.0 Å². The molecule has 11 aromatic carbocycles. The monoisotopic (exact) mass is 841 g/mol. The molecule has 0 aliphatic heterocycles. The molecule has 1 nitrogen and oxygen atoms in total. The summed E-state index contributed by atoms with van der Waals surface area (Å²) >= 11 is 0. The summed E-state index contributed by atoms with van der Waals surface area (Å²) in [4.78, 5) is 2.54. The van der Waals surface area contributed by atoms with Crippen LogP contribution in [-0.2, 0) is 5.41 Å². The molecule has 0 spiro atoms. The van der Waals surface area contributed by atoms with Gasteiger partial charge in [-0.25, -0.2) is 0 Å². The van der Waals surface area contributed by atoms with Gasteiger partial charge in [-0.3, -0.25) is 0 Å². The largest absolute Gasteiger partial charge is 0.309 e. The second-order valence-electron chi connectivity index (χ2n) is 18.0. The molecule has 1 aliphatic carbocycles. The zero-order valence-electron chi connectivity index (χ0n) is 37.1. The maximum Gasteiger partial charge on any atom is 0.0624 e. The van der Waals surface area contributed by atoms with Crippen molar-refractivity contribution in [2.24, 2.45) is 0 Å². The van der Waals surface area contributed by atoms with Crippen molar-refractivity contribution in [1.29, 1.82) is 0 Å². The SMILES string of the molecule is CC1(C)c2cc(-c3ccccc3)ccc2-c2ccc(N(c3ccc(-c4ccccc4-c4ccccc4)cc3)c3c(-c4cccc(-c5ccccc5)c4)c4ccccc4c4ccccc34)cc21. The van der Waals surface area contributed by atoms with E-state index in [4.69, 9.17) is 0 Å². The Labute approximate surface area is 387 Å². The lowest BCUT2D eigenvalue weighted by molar-refractivity contribution is 0.660. The van der Waals surface area contributed by atoms with Crippen LogP contribution in [0, 0.1) is 0 Å². The number of hydrogen-bond donors (Lipinski definition) is 0. The first-order valence-corrected chi connectivity index (χ1v) is 23.0. The first-order chi connectivity index (χ1) is 32.5. The Kier molecular flexibility index (Phi) is 9.58. The third-order valence-corrected chi connectivity index (χ3v) is 13.9. The van der Waals surface area contributed by atoms with E-state index in [9.17, 15) is 0 Å². The molecular weight excluding hydrogens is 795 g/mol. The first kappa shape index (κ1) is 39.3. The zero-order valence-corrected chi connectivity index (χ0v) is 37.1. The molecule has 0 bridgehead atoms. The number of nitrogens with zero attached hydrogens (tertiary/aromatic N) is 1. The molecule has 0 heterocycles. The van der Waals surface area contributed by atoms with Crippen LogP contribution in [0.4, 0.5) is 17.1 Å². The Hall–Kier alpha value is -8.26. The zero-order chi connectivity index (χ0) is 44.2. The standard InChI is InChI=1S/C65H47N/c1-65(2)61-42-49(45-21-8-4-9-22-45)35-39-57(61)58-40-38-52(43-62(58)65)66(51-36-33-47(34-37-51)54-28-13-12-27-53(54)46-23-10-5-11-24-46)64-60-32-17-15-30-56(60)55-29-14-16-31-59(55)63(64)50-26-18-25-48(41-50)44-19-6-3-7-20-44/h3-43H,1-2H3. The maximum atomic E-state index is 2.54. The Morgan fingerprint density at radius 2 is 0.697 bits per heavy atom. The minimum atomic E-state index is -0.236. The summed E-state index contributed by atoms with van der Waals surface area (Å²) in [6, 6.07) is 91.5. The smallest absolute Gasteiger partial charge is 0.0624 e. The third kappa shape index (κ3) is 6.63. The molecule has 0 unspecified atom stereocenters. The Balaban J connectivity index is 1.11. The molecule has 0 amide bonds. The predicted octanol–water partition coefficient (Wildman–Crippen LogP) is 18.1. The van der Waals surface area contributed by atoms with Crippen LogP contribution >= 0.6 is 0 Å². The van der Waals surface area contributed by atoms with Gasteiger partial charge in [0.15, 0.2) is 0 Å². The molecule has 12 rings (SSSR count). The van der Waals surface area contributed by atoms with Crippen molar-refractivity contribution in [3.8, 4) is 66.8 Å². The van der Waals surface area contributed by atoms with Crippen LogP contribution in [0.3, 0.4) is 0 Å². The molecule has 1 heteroatoms. The van der Waals surface area contributed by atoms with Crippen molar-refractivity contribution in [2.45, 2.75) is 19.3 Å². The summed E-state index contributed by atoms with van der Waals surface area (Å²) in [5.41, 5.74) is 20.5. The lowest BCUT2D eigenvalue weighted by Crippen LogP contribution is -2.17. The van der Waals surface area contributed by atoms with Crippen LogP contribution in [0.25, 0.3) is 88.3 Å². The van der Waals surface area contributed by atoms with E-state index in [0.717, 1.165) is 17.1 Å². The Morgan fingerprint density at radius 3 is 1.33 bits per heavy atom. The first-order valence-electron chi connectivity index (χ1n) is 23.0. The molecule has 0 saturated heterocycles. The van der Waals surface area contributed by atoms with Crippen molar-refractivity contribution in [1.82, 2.24) is 0 Å². The van der Waals surface area contributed by atoms with Gasteiger partial charge in [0, 0.05) is 27.7 Å². The molecule has 0 N–H and O–H groups in total. The van der Waals surface area contributed by atoms with Gasteiger partial charge in [-0.05, 0) is 125 Å². The highest BCUT2D eigenvalue weighted by Gasteiger charge is 2.37. The van der Waals surface area contributed by atoms with E-state index >= 15 is 0 Å². The van der Waals surface area contributed by atoms with Gasteiger partial charge in [-0.1, -0.05) is 226 Å². The molecular formula is C65H47N. The van der Waals surface area contributed by atoms with E-state index in [1.54, 1.807) is 0 Å². The molecule has 11 aromatic rings. The second-order valence-corrected chi connectivity index (χ2v) is 18.0. The van der Waals surface area contributed by atoms with Gasteiger partial charge in [0.05, 0.1) is 5.69 Å². The van der Waals surface area contributed by atoms with Crippen LogP contribution in [-0.4, -0.2) is 0 Å². The molecule has 0 saturated carbocycles. The number of benzene rings is 11. The minimum Gasteiger partial charge on any atom is -0.309 e. The summed E-state index contributed by atoms with van der Waals surface area (Å²) in [6.45, 7) is 4.79. The van der Waals surface area contributed by atoms with E-state index in [1.165, 1.54) is 99.4 Å². The van der Waals surface area contributed by atoms with Crippen LogP contribution in [0.5, 0.6) is 0 Å². The highest BCUT2D eigenvalue weighted by molar-refractivity contribution is 6.22. The van der Waals surface area contributed by atoms with Crippen molar-refractivity contribution in [2.75, 3.05) is 4.90 Å². The molecule has 0 atom stereocenters. The van der Waals surface area contributed by atoms with E-state index in [-0.39, 0.29) is 5.41 Å². The van der Waals surface area contributed by atoms with Crippen molar-refractivity contribution in [3.05, 3.63) is 260 Å². The summed E-state index contributed by atoms with van der Waals surface area (Å²) in [5.74, 6) is 0. The normalized spacial score (nSPS) is 12.5. The van der Waals surface area contributed by atoms with E-state index in [0.29, 0.717) is 0 Å². The maximum absolute atomic E-state index is 2.54. The number of hydrogen-bond acceptors (Lipinski definition) is 1. The summed E-state index contributed by atoms with van der Waals surface area (Å²) in [5, 5.41) is 4.89. The van der Waals surface area contributed by atoms with Gasteiger partial charge in [-0.15, -0.1) is 0 Å². The quantitative estimate of drug-likeness (QED) is 0.138. The summed E-state index contributed by atoms with van der Waals surface area (Å²) < 4.78 is 0. The van der Waals surface area contributed by atoms with Crippen molar-refractivity contribution < 1.29 is 0 Å². The number of anilines is 3. The van der Waals surface area contributed by atoms with Gasteiger partial charge in [0.2, 0.25) is 0 Å². The van der Waals surface area contributed by atoms with E-state index < -0.39 is 0 Å². The predicted molar refractivity (Wildman–Crippen MR) is 281 cm³/mol. The Morgan fingerprint density at radius 1 is 0.273 bits per heavy atom. The lowest BCUT2D eigenvalue weighted by atomic mass is 9.81. The van der Waals surface area contributed by atoms with Gasteiger partial charge in [-0.2, -0.15) is 0 Å². The fraction of sp³-hybridized carbons (Fsp3) is 0.0462. The fourth-order valence-electron chi connectivity index (χ4n) is 10.6. The van der Waals surface area contributed by atoms with Gasteiger partial charge >= 0.3 is 0 Å². The number of rotatable bonds is 8. The molecule has 66 heavy (non-hydrogen) atoms. The molecule has 0 fully saturated rings. The van der Waals surface area contributed by atoms with Gasteiger partial charge in [0.1, 0.15) is 0 Å². The highest BCUT2D eigenvalue weighted by Crippen LogP contribution is 2.54. The average Bonchev–Trinajstić information content (AvgIpc) is 3.61. The topological polar surface area (TPSA) is 3.24 Å². The van der Waals surface area contributed by atoms with Crippen LogP contribution in [0.15, 0.2) is 249 Å². The Bertz CT molecular complexity index is 3590. The third-order valence-electron chi connectivity index (χ3n) is 13.9. The van der Waals surface area contributed by atoms with Crippen molar-refractivity contribution in [3.63, 3.8) is 0 Å². The highest BCUT2D eigenvalue weighted by atomic mass is 15.1. The molecule has 312 valence electrons. The second kappa shape index (κ2) is 16.1. The molecule has 1 aliphatic rings. The lowest BCUT2D eigenvalue weighted by Gasteiger charge is -2.32. The molecule has 0 aromatic heterocycles. The van der Waals surface area contributed by atoms with Crippen LogP contribution in [0.2, 0.25) is 0 Å². The van der Waals surface area contributed by atoms with E-state index in [2.05, 4.69) is 267 Å². The van der Waals surface area contributed by atoms with Gasteiger partial charge < -0.3 is 4.90 Å². The number of fused-ring (bicyclic) bond motifs is 6.